The Bertz CT molecular complexity index is 322. The van der Waals surface area contributed by atoms with Crippen molar-refractivity contribution < 1.29 is 14.3 Å². The molecule has 0 saturated carbocycles. The fourth-order valence-electron chi connectivity index (χ4n) is 1.87. The average Bonchev–Trinajstić information content (AvgIpc) is 2.38. The maximum atomic E-state index is 12.0. The third-order valence-corrected chi connectivity index (χ3v) is 3.35. The van der Waals surface area contributed by atoms with Gasteiger partial charge in [-0.25, -0.2) is 0 Å². The number of nitrogens with one attached hydrogen (secondary N) is 3. The number of carbonyl (C=O) groups excluding carboxylic acids is 2. The molecule has 0 aromatic rings. The number of ether oxygens (including phenoxy) is 1. The summed E-state index contributed by atoms with van der Waals surface area (Å²) in [7, 11) is 0. The van der Waals surface area contributed by atoms with Crippen LogP contribution >= 0.6 is 0 Å². The van der Waals surface area contributed by atoms with E-state index >= 15 is 0 Å². The van der Waals surface area contributed by atoms with E-state index in [-0.39, 0.29) is 24.0 Å². The van der Waals surface area contributed by atoms with Crippen molar-refractivity contribution in [2.24, 2.45) is 0 Å². The van der Waals surface area contributed by atoms with Gasteiger partial charge in [0.1, 0.15) is 12.1 Å². The number of morpholine rings is 1. The van der Waals surface area contributed by atoms with E-state index in [1.807, 2.05) is 20.8 Å². The van der Waals surface area contributed by atoms with Crippen LogP contribution in [0.1, 0.15) is 34.1 Å². The standard InChI is InChI=1S/C13H25N3O3/c1-5-8(2)15-12(17)9(3)16-13(18)11-10(4)19-7-6-14-11/h8-11,14H,5-7H2,1-4H3,(H,15,17)(H,16,18)/t8?,9?,10-,11+/m1/s1. The zero-order valence-corrected chi connectivity index (χ0v) is 12.2. The molecule has 0 spiro atoms. The van der Waals surface area contributed by atoms with Crippen LogP contribution in [0.4, 0.5) is 0 Å². The average molecular weight is 271 g/mol. The highest BCUT2D eigenvalue weighted by Crippen LogP contribution is 2.04. The van der Waals surface area contributed by atoms with Gasteiger partial charge in [-0.3, -0.25) is 9.59 Å². The minimum Gasteiger partial charge on any atom is -0.375 e. The Labute approximate surface area is 114 Å². The second-order valence-corrected chi connectivity index (χ2v) is 5.06. The highest BCUT2D eigenvalue weighted by Gasteiger charge is 2.30. The molecule has 1 aliphatic rings. The van der Waals surface area contributed by atoms with E-state index in [9.17, 15) is 9.59 Å². The molecule has 4 atom stereocenters. The molecule has 1 fully saturated rings. The molecule has 1 rings (SSSR count). The van der Waals surface area contributed by atoms with Crippen molar-refractivity contribution in [1.82, 2.24) is 16.0 Å². The van der Waals surface area contributed by atoms with Crippen LogP contribution in [0, 0.1) is 0 Å². The number of hydrogen-bond donors (Lipinski definition) is 3. The minimum atomic E-state index is -0.544. The summed E-state index contributed by atoms with van der Waals surface area (Å²) in [5.74, 6) is -0.355. The first-order chi connectivity index (χ1) is 8.95. The predicted octanol–water partition coefficient (Wildman–Crippen LogP) is -0.217. The van der Waals surface area contributed by atoms with Crippen LogP contribution < -0.4 is 16.0 Å². The van der Waals surface area contributed by atoms with E-state index < -0.39 is 12.1 Å². The summed E-state index contributed by atoms with van der Waals surface area (Å²) in [5, 5.41) is 8.66. The maximum absolute atomic E-state index is 12.0. The van der Waals surface area contributed by atoms with Crippen molar-refractivity contribution >= 4 is 11.8 Å². The van der Waals surface area contributed by atoms with Crippen LogP contribution in [-0.2, 0) is 14.3 Å². The fraction of sp³-hybridized carbons (Fsp3) is 0.846. The van der Waals surface area contributed by atoms with Crippen molar-refractivity contribution in [3.63, 3.8) is 0 Å². The molecule has 2 unspecified atom stereocenters. The number of carbonyl (C=O) groups is 2. The molecular weight excluding hydrogens is 246 g/mol. The van der Waals surface area contributed by atoms with Gasteiger partial charge < -0.3 is 20.7 Å². The number of amides is 2. The summed E-state index contributed by atoms with van der Waals surface area (Å²) in [6, 6.07) is -0.827. The van der Waals surface area contributed by atoms with Gasteiger partial charge in [-0.05, 0) is 27.2 Å². The summed E-state index contributed by atoms with van der Waals surface area (Å²) in [6.45, 7) is 8.72. The van der Waals surface area contributed by atoms with Crippen LogP contribution in [0.15, 0.2) is 0 Å². The molecular formula is C13H25N3O3. The van der Waals surface area contributed by atoms with Crippen molar-refractivity contribution in [3.05, 3.63) is 0 Å². The molecule has 6 heteroatoms. The van der Waals surface area contributed by atoms with E-state index in [1.165, 1.54) is 0 Å². The summed E-state index contributed by atoms with van der Waals surface area (Å²) >= 11 is 0. The molecule has 0 aromatic carbocycles. The minimum absolute atomic E-state index is 0.113. The largest absolute Gasteiger partial charge is 0.375 e. The van der Waals surface area contributed by atoms with Crippen LogP contribution in [0.3, 0.4) is 0 Å². The summed E-state index contributed by atoms with van der Waals surface area (Å²) in [5.41, 5.74) is 0. The molecule has 0 bridgehead atoms. The van der Waals surface area contributed by atoms with E-state index in [4.69, 9.17) is 4.74 Å². The van der Waals surface area contributed by atoms with E-state index in [2.05, 4.69) is 16.0 Å². The quantitative estimate of drug-likeness (QED) is 0.646. The maximum Gasteiger partial charge on any atom is 0.242 e. The van der Waals surface area contributed by atoms with E-state index in [0.29, 0.717) is 13.2 Å². The first-order valence-corrected chi connectivity index (χ1v) is 6.91. The smallest absolute Gasteiger partial charge is 0.242 e. The van der Waals surface area contributed by atoms with Gasteiger partial charge in [0.05, 0.1) is 12.7 Å². The second kappa shape index (κ2) is 7.45. The van der Waals surface area contributed by atoms with Crippen LogP contribution in [0.5, 0.6) is 0 Å². The van der Waals surface area contributed by atoms with Crippen molar-refractivity contribution in [2.45, 2.75) is 58.3 Å². The van der Waals surface area contributed by atoms with E-state index in [0.717, 1.165) is 6.42 Å². The second-order valence-electron chi connectivity index (χ2n) is 5.06. The third kappa shape index (κ3) is 4.80. The molecule has 19 heavy (non-hydrogen) atoms. The molecule has 0 aromatic heterocycles. The number of rotatable bonds is 5. The topological polar surface area (TPSA) is 79.5 Å². The molecule has 110 valence electrons. The molecule has 2 amide bonds. The lowest BCUT2D eigenvalue weighted by Crippen LogP contribution is -2.58. The van der Waals surface area contributed by atoms with Crippen molar-refractivity contribution in [3.8, 4) is 0 Å². The van der Waals surface area contributed by atoms with Gasteiger partial charge in [0, 0.05) is 12.6 Å². The van der Waals surface area contributed by atoms with Crippen LogP contribution in [0.25, 0.3) is 0 Å². The summed E-state index contributed by atoms with van der Waals surface area (Å²) in [6.07, 6.45) is 0.681. The molecule has 1 aliphatic heterocycles. The Kier molecular flexibility index (Phi) is 6.24. The lowest BCUT2D eigenvalue weighted by molar-refractivity contribution is -0.133. The summed E-state index contributed by atoms with van der Waals surface area (Å²) in [4.78, 5) is 23.9. The lowest BCUT2D eigenvalue weighted by Gasteiger charge is -2.30. The van der Waals surface area contributed by atoms with Crippen molar-refractivity contribution in [1.29, 1.82) is 0 Å². The first kappa shape index (κ1) is 15.9. The Hall–Kier alpha value is -1.14. The summed E-state index contributed by atoms with van der Waals surface area (Å²) < 4.78 is 5.41. The zero-order valence-electron chi connectivity index (χ0n) is 12.2. The highest BCUT2D eigenvalue weighted by atomic mass is 16.5. The predicted molar refractivity (Wildman–Crippen MR) is 72.7 cm³/mol. The van der Waals surface area contributed by atoms with Gasteiger partial charge in [0.2, 0.25) is 11.8 Å². The number of hydrogen-bond acceptors (Lipinski definition) is 4. The van der Waals surface area contributed by atoms with Gasteiger partial charge in [-0.2, -0.15) is 0 Å². The molecule has 6 nitrogen and oxygen atoms in total. The Balaban J connectivity index is 2.44. The first-order valence-electron chi connectivity index (χ1n) is 6.91. The molecule has 3 N–H and O–H groups in total. The fourth-order valence-corrected chi connectivity index (χ4v) is 1.87. The lowest BCUT2D eigenvalue weighted by atomic mass is 10.1. The monoisotopic (exact) mass is 271 g/mol. The molecule has 0 aliphatic carbocycles. The SMILES string of the molecule is CCC(C)NC(=O)C(C)NC(=O)[C@H]1NCCO[C@@H]1C. The highest BCUT2D eigenvalue weighted by molar-refractivity contribution is 5.89. The molecule has 1 saturated heterocycles. The normalized spacial score (nSPS) is 26.3. The van der Waals surface area contributed by atoms with E-state index in [1.54, 1.807) is 6.92 Å². The van der Waals surface area contributed by atoms with Gasteiger partial charge in [0.25, 0.3) is 0 Å². The van der Waals surface area contributed by atoms with Crippen LogP contribution in [-0.4, -0.2) is 49.2 Å². The van der Waals surface area contributed by atoms with Crippen molar-refractivity contribution in [2.75, 3.05) is 13.2 Å². The van der Waals surface area contributed by atoms with Crippen LogP contribution in [0.2, 0.25) is 0 Å². The van der Waals surface area contributed by atoms with Gasteiger partial charge >= 0.3 is 0 Å². The molecule has 0 radical (unpaired) electrons. The third-order valence-electron chi connectivity index (χ3n) is 3.35. The molecule has 1 heterocycles. The van der Waals surface area contributed by atoms with Gasteiger partial charge in [0.15, 0.2) is 0 Å². The van der Waals surface area contributed by atoms with Gasteiger partial charge in [-0.15, -0.1) is 0 Å². The van der Waals surface area contributed by atoms with Gasteiger partial charge in [-0.1, -0.05) is 6.92 Å². The Morgan fingerprint density at radius 2 is 2.05 bits per heavy atom. The zero-order chi connectivity index (χ0) is 14.4. The Morgan fingerprint density at radius 3 is 2.63 bits per heavy atom. The Morgan fingerprint density at radius 1 is 1.37 bits per heavy atom.